The second kappa shape index (κ2) is 3.53. The third-order valence-corrected chi connectivity index (χ3v) is 2.00. The van der Waals surface area contributed by atoms with Gasteiger partial charge in [0.1, 0.15) is 5.69 Å². The summed E-state index contributed by atoms with van der Waals surface area (Å²) in [5.41, 5.74) is 6.58. The van der Waals surface area contributed by atoms with Crippen LogP contribution in [0.2, 0.25) is 0 Å². The number of aromatic hydroxyl groups is 1. The molecule has 0 radical (unpaired) electrons. The number of rotatable bonds is 2. The van der Waals surface area contributed by atoms with Gasteiger partial charge >= 0.3 is 0 Å². The Balaban J connectivity index is 2.57. The molecular weight excluding hydrogens is 196 g/mol. The SMILES string of the molecule is COc1c(O)cccc1-c1cc(N)on1. The van der Waals surface area contributed by atoms with Crippen LogP contribution in [0.4, 0.5) is 5.88 Å². The van der Waals surface area contributed by atoms with Crippen molar-refractivity contribution < 1.29 is 14.4 Å². The molecule has 3 N–H and O–H groups in total. The first-order chi connectivity index (χ1) is 7.22. The standard InChI is InChI=1S/C10H10N2O3/c1-14-10-6(3-2-4-8(10)13)7-5-9(11)15-12-7/h2-5,13H,11H2,1H3. The number of phenols is 1. The van der Waals surface area contributed by atoms with Gasteiger partial charge in [-0.2, -0.15) is 0 Å². The minimum absolute atomic E-state index is 0.0524. The highest BCUT2D eigenvalue weighted by molar-refractivity contribution is 5.71. The lowest BCUT2D eigenvalue weighted by molar-refractivity contribution is 0.374. The fourth-order valence-electron chi connectivity index (χ4n) is 1.36. The Kier molecular flexibility index (Phi) is 2.21. The summed E-state index contributed by atoms with van der Waals surface area (Å²) in [5, 5.41) is 13.3. The second-order valence-corrected chi connectivity index (χ2v) is 2.97. The molecule has 0 fully saturated rings. The van der Waals surface area contributed by atoms with Gasteiger partial charge in [-0.15, -0.1) is 0 Å². The Morgan fingerprint density at radius 3 is 2.87 bits per heavy atom. The van der Waals surface area contributed by atoms with Crippen LogP contribution in [0.1, 0.15) is 0 Å². The van der Waals surface area contributed by atoms with E-state index in [2.05, 4.69) is 5.16 Å². The lowest BCUT2D eigenvalue weighted by atomic mass is 10.1. The maximum absolute atomic E-state index is 9.54. The number of benzene rings is 1. The Morgan fingerprint density at radius 2 is 2.27 bits per heavy atom. The van der Waals surface area contributed by atoms with Crippen molar-refractivity contribution >= 4 is 5.88 Å². The normalized spacial score (nSPS) is 10.2. The molecular formula is C10H10N2O3. The van der Waals surface area contributed by atoms with Gasteiger partial charge in [-0.05, 0) is 12.1 Å². The van der Waals surface area contributed by atoms with Crippen LogP contribution in [0.15, 0.2) is 28.8 Å². The van der Waals surface area contributed by atoms with E-state index in [1.54, 1.807) is 18.2 Å². The molecule has 0 aliphatic carbocycles. The number of phenolic OH excluding ortho intramolecular Hbond substituents is 1. The van der Waals surface area contributed by atoms with Crippen LogP contribution >= 0.6 is 0 Å². The number of nitrogens with zero attached hydrogens (tertiary/aromatic N) is 1. The van der Waals surface area contributed by atoms with Crippen molar-refractivity contribution in [2.75, 3.05) is 12.8 Å². The summed E-state index contributed by atoms with van der Waals surface area (Å²) in [4.78, 5) is 0. The van der Waals surface area contributed by atoms with Crippen molar-refractivity contribution in [3.05, 3.63) is 24.3 Å². The summed E-state index contributed by atoms with van der Waals surface area (Å²) in [6.45, 7) is 0. The first-order valence-electron chi connectivity index (χ1n) is 4.31. The predicted molar refractivity (Wildman–Crippen MR) is 54.6 cm³/mol. The second-order valence-electron chi connectivity index (χ2n) is 2.97. The zero-order valence-corrected chi connectivity index (χ0v) is 8.10. The number of hydrogen-bond donors (Lipinski definition) is 2. The Labute approximate surface area is 86.1 Å². The molecule has 78 valence electrons. The molecule has 0 atom stereocenters. The minimum Gasteiger partial charge on any atom is -0.504 e. The van der Waals surface area contributed by atoms with E-state index in [0.717, 1.165) is 0 Å². The number of methoxy groups -OCH3 is 1. The van der Waals surface area contributed by atoms with Gasteiger partial charge in [-0.25, -0.2) is 0 Å². The van der Waals surface area contributed by atoms with E-state index in [0.29, 0.717) is 17.0 Å². The molecule has 1 aromatic heterocycles. The summed E-state index contributed by atoms with van der Waals surface area (Å²) < 4.78 is 9.82. The molecule has 1 heterocycles. The molecule has 0 amide bonds. The van der Waals surface area contributed by atoms with E-state index in [-0.39, 0.29) is 11.6 Å². The van der Waals surface area contributed by atoms with Crippen molar-refractivity contribution in [3.8, 4) is 22.8 Å². The van der Waals surface area contributed by atoms with E-state index in [4.69, 9.17) is 15.0 Å². The highest BCUT2D eigenvalue weighted by Crippen LogP contribution is 2.36. The van der Waals surface area contributed by atoms with Crippen molar-refractivity contribution in [1.82, 2.24) is 5.16 Å². The number of nitrogen functional groups attached to an aromatic ring is 1. The van der Waals surface area contributed by atoms with Crippen LogP contribution < -0.4 is 10.5 Å². The minimum atomic E-state index is 0.0524. The molecule has 0 saturated heterocycles. The molecule has 0 saturated carbocycles. The monoisotopic (exact) mass is 206 g/mol. The highest BCUT2D eigenvalue weighted by Gasteiger charge is 2.13. The van der Waals surface area contributed by atoms with E-state index < -0.39 is 0 Å². The van der Waals surface area contributed by atoms with E-state index in [9.17, 15) is 5.11 Å². The summed E-state index contributed by atoms with van der Waals surface area (Å²) in [6.07, 6.45) is 0. The zero-order valence-electron chi connectivity index (χ0n) is 8.10. The van der Waals surface area contributed by atoms with Crippen LogP contribution in [0, 0.1) is 0 Å². The van der Waals surface area contributed by atoms with Gasteiger partial charge in [-0.1, -0.05) is 11.2 Å². The molecule has 2 rings (SSSR count). The molecule has 0 aliphatic rings. The fraction of sp³-hybridized carbons (Fsp3) is 0.100. The summed E-state index contributed by atoms with van der Waals surface area (Å²) in [7, 11) is 1.47. The topological polar surface area (TPSA) is 81.5 Å². The summed E-state index contributed by atoms with van der Waals surface area (Å²) in [6, 6.07) is 6.55. The van der Waals surface area contributed by atoms with E-state index >= 15 is 0 Å². The summed E-state index contributed by atoms with van der Waals surface area (Å²) in [5.74, 6) is 0.623. The molecule has 5 heteroatoms. The lowest BCUT2D eigenvalue weighted by Crippen LogP contribution is -1.88. The van der Waals surface area contributed by atoms with Gasteiger partial charge in [0, 0.05) is 11.6 Å². The van der Waals surface area contributed by atoms with Crippen LogP contribution in [-0.4, -0.2) is 17.4 Å². The van der Waals surface area contributed by atoms with Crippen LogP contribution in [0.5, 0.6) is 11.5 Å². The van der Waals surface area contributed by atoms with Crippen molar-refractivity contribution in [1.29, 1.82) is 0 Å². The number of hydrogen-bond acceptors (Lipinski definition) is 5. The molecule has 15 heavy (non-hydrogen) atoms. The van der Waals surface area contributed by atoms with Gasteiger partial charge in [0.05, 0.1) is 7.11 Å². The molecule has 0 aliphatic heterocycles. The van der Waals surface area contributed by atoms with Crippen LogP contribution in [0.25, 0.3) is 11.3 Å². The number of ether oxygens (including phenoxy) is 1. The highest BCUT2D eigenvalue weighted by atomic mass is 16.5. The molecule has 0 bridgehead atoms. The fourth-order valence-corrected chi connectivity index (χ4v) is 1.36. The average Bonchev–Trinajstić information content (AvgIpc) is 2.64. The maximum atomic E-state index is 9.54. The van der Waals surface area contributed by atoms with Crippen molar-refractivity contribution in [2.45, 2.75) is 0 Å². The Bertz CT molecular complexity index is 479. The van der Waals surface area contributed by atoms with Gasteiger partial charge < -0.3 is 20.1 Å². The largest absolute Gasteiger partial charge is 0.504 e. The van der Waals surface area contributed by atoms with Gasteiger partial charge in [0.15, 0.2) is 11.5 Å². The number of anilines is 1. The van der Waals surface area contributed by atoms with E-state index in [1.165, 1.54) is 13.2 Å². The number of para-hydroxylation sites is 1. The predicted octanol–water partition coefficient (Wildman–Crippen LogP) is 1.64. The molecule has 0 unspecified atom stereocenters. The molecule has 2 aromatic rings. The molecule has 5 nitrogen and oxygen atoms in total. The average molecular weight is 206 g/mol. The van der Waals surface area contributed by atoms with E-state index in [1.807, 2.05) is 0 Å². The first-order valence-corrected chi connectivity index (χ1v) is 4.31. The van der Waals surface area contributed by atoms with Gasteiger partial charge in [0.25, 0.3) is 0 Å². The quantitative estimate of drug-likeness (QED) is 0.780. The van der Waals surface area contributed by atoms with Gasteiger partial charge in [-0.3, -0.25) is 0 Å². The third-order valence-electron chi connectivity index (χ3n) is 2.00. The zero-order chi connectivity index (χ0) is 10.8. The molecule has 0 spiro atoms. The number of nitrogens with two attached hydrogens (primary N) is 1. The third kappa shape index (κ3) is 1.59. The molecule has 1 aromatic carbocycles. The Hall–Kier alpha value is -2.17. The lowest BCUT2D eigenvalue weighted by Gasteiger charge is -2.06. The van der Waals surface area contributed by atoms with Crippen molar-refractivity contribution in [2.24, 2.45) is 0 Å². The smallest absolute Gasteiger partial charge is 0.222 e. The maximum Gasteiger partial charge on any atom is 0.222 e. The summed E-state index contributed by atoms with van der Waals surface area (Å²) >= 11 is 0. The number of aromatic nitrogens is 1. The van der Waals surface area contributed by atoms with Crippen LogP contribution in [0.3, 0.4) is 0 Å². The Morgan fingerprint density at radius 1 is 1.47 bits per heavy atom. The first kappa shape index (κ1) is 9.39. The van der Waals surface area contributed by atoms with Gasteiger partial charge in [0.2, 0.25) is 5.88 Å². The van der Waals surface area contributed by atoms with Crippen molar-refractivity contribution in [3.63, 3.8) is 0 Å². The van der Waals surface area contributed by atoms with Crippen LogP contribution in [-0.2, 0) is 0 Å².